The summed E-state index contributed by atoms with van der Waals surface area (Å²) >= 11 is 1.84. The molecule has 2 N–H and O–H groups in total. The first-order valence-corrected chi connectivity index (χ1v) is 7.49. The molecule has 104 valence electrons. The average Bonchev–Trinajstić information content (AvgIpc) is 2.52. The molecule has 3 heteroatoms. The Morgan fingerprint density at radius 1 is 1.33 bits per heavy atom. The largest absolute Gasteiger partial charge is 0.392 e. The summed E-state index contributed by atoms with van der Waals surface area (Å²) in [4.78, 5) is 2.73. The molecule has 1 aromatic heterocycles. The van der Waals surface area contributed by atoms with Gasteiger partial charge in [-0.05, 0) is 44.2 Å². The number of rotatable bonds is 5. The summed E-state index contributed by atoms with van der Waals surface area (Å²) in [5.41, 5.74) is 1.54. The van der Waals surface area contributed by atoms with Gasteiger partial charge in [0.05, 0.1) is 6.10 Å². The molecule has 2 atom stereocenters. The molecule has 1 aromatic rings. The van der Waals surface area contributed by atoms with Gasteiger partial charge in [0.15, 0.2) is 0 Å². The minimum Gasteiger partial charge on any atom is -0.392 e. The molecule has 0 aliphatic heterocycles. The molecule has 0 aliphatic carbocycles. The molecule has 2 unspecified atom stereocenters. The molecule has 0 fully saturated rings. The third kappa shape index (κ3) is 5.09. The number of nitrogens with one attached hydrogen (secondary N) is 1. The highest BCUT2D eigenvalue weighted by Gasteiger charge is 2.18. The van der Waals surface area contributed by atoms with Crippen molar-refractivity contribution in [2.75, 3.05) is 6.54 Å². The summed E-state index contributed by atoms with van der Waals surface area (Å²) in [7, 11) is 0. The summed E-state index contributed by atoms with van der Waals surface area (Å²) in [5.74, 6) is 0. The van der Waals surface area contributed by atoms with Crippen LogP contribution in [0.5, 0.6) is 0 Å². The highest BCUT2D eigenvalue weighted by molar-refractivity contribution is 7.12. The molecule has 0 aliphatic rings. The maximum atomic E-state index is 10.00. The van der Waals surface area contributed by atoms with Crippen LogP contribution in [0.2, 0.25) is 0 Å². The summed E-state index contributed by atoms with van der Waals surface area (Å²) in [6.45, 7) is 13.6. The number of thiophene rings is 1. The second-order valence-electron chi connectivity index (χ2n) is 6.42. The van der Waals surface area contributed by atoms with Crippen LogP contribution in [-0.4, -0.2) is 17.8 Å². The van der Waals surface area contributed by atoms with Crippen LogP contribution in [0.15, 0.2) is 6.07 Å². The van der Waals surface area contributed by atoms with Crippen LogP contribution in [0, 0.1) is 19.3 Å². The van der Waals surface area contributed by atoms with E-state index in [4.69, 9.17) is 0 Å². The zero-order valence-corrected chi connectivity index (χ0v) is 13.3. The van der Waals surface area contributed by atoms with Gasteiger partial charge in [0, 0.05) is 22.3 Å². The van der Waals surface area contributed by atoms with Gasteiger partial charge in [0.25, 0.3) is 0 Å². The topological polar surface area (TPSA) is 32.3 Å². The number of aliphatic hydroxyl groups excluding tert-OH is 1. The van der Waals surface area contributed by atoms with Crippen LogP contribution in [0.25, 0.3) is 0 Å². The molecule has 0 bridgehead atoms. The second-order valence-corrected chi connectivity index (χ2v) is 7.88. The zero-order valence-electron chi connectivity index (χ0n) is 12.5. The van der Waals surface area contributed by atoms with E-state index in [-0.39, 0.29) is 11.5 Å². The van der Waals surface area contributed by atoms with E-state index >= 15 is 0 Å². The number of hydrogen-bond donors (Lipinski definition) is 2. The Morgan fingerprint density at radius 3 is 2.39 bits per heavy atom. The second kappa shape index (κ2) is 6.18. The van der Waals surface area contributed by atoms with Gasteiger partial charge in [-0.15, -0.1) is 11.3 Å². The molecule has 1 rings (SSSR count). The fourth-order valence-corrected chi connectivity index (χ4v) is 3.30. The van der Waals surface area contributed by atoms with Crippen molar-refractivity contribution in [1.82, 2.24) is 5.32 Å². The highest BCUT2D eigenvalue weighted by atomic mass is 32.1. The van der Waals surface area contributed by atoms with E-state index in [1.165, 1.54) is 15.3 Å². The highest BCUT2D eigenvalue weighted by Crippen LogP contribution is 2.26. The predicted octanol–water partition coefficient (Wildman–Crippen LogP) is 3.81. The number of aliphatic hydroxyl groups is 1. The lowest BCUT2D eigenvalue weighted by Gasteiger charge is -2.24. The molecule has 0 saturated heterocycles. The first-order valence-electron chi connectivity index (χ1n) is 6.67. The van der Waals surface area contributed by atoms with Gasteiger partial charge >= 0.3 is 0 Å². The Morgan fingerprint density at radius 2 is 1.94 bits per heavy atom. The van der Waals surface area contributed by atoms with Gasteiger partial charge in [-0.1, -0.05) is 20.8 Å². The van der Waals surface area contributed by atoms with E-state index in [9.17, 15) is 5.11 Å². The van der Waals surface area contributed by atoms with E-state index in [0.717, 1.165) is 6.42 Å². The quantitative estimate of drug-likeness (QED) is 0.852. The average molecular weight is 269 g/mol. The Kier molecular flexibility index (Phi) is 5.38. The molecule has 0 aromatic carbocycles. The standard InChI is InChI=1S/C15H27NOS/c1-10-7-14(12(3)18-10)11(2)16-9-13(17)8-15(4,5)6/h7,11,13,16-17H,8-9H2,1-6H3. The van der Waals surface area contributed by atoms with Crippen molar-refractivity contribution in [3.05, 3.63) is 21.4 Å². The molecule has 0 spiro atoms. The maximum Gasteiger partial charge on any atom is 0.0669 e. The van der Waals surface area contributed by atoms with E-state index in [0.29, 0.717) is 12.6 Å². The Balaban J connectivity index is 2.46. The number of aryl methyl sites for hydroxylation is 2. The van der Waals surface area contributed by atoms with Crippen LogP contribution in [0.3, 0.4) is 0 Å². The normalized spacial score (nSPS) is 15.7. The first kappa shape index (κ1) is 15.7. The lowest BCUT2D eigenvalue weighted by molar-refractivity contribution is 0.117. The van der Waals surface area contributed by atoms with Gasteiger partial charge in [-0.25, -0.2) is 0 Å². The zero-order chi connectivity index (χ0) is 13.9. The van der Waals surface area contributed by atoms with E-state index < -0.39 is 0 Å². The fourth-order valence-electron chi connectivity index (χ4n) is 2.28. The third-order valence-corrected chi connectivity index (χ3v) is 4.04. The molecule has 0 radical (unpaired) electrons. The minimum absolute atomic E-state index is 0.180. The van der Waals surface area contributed by atoms with Gasteiger partial charge < -0.3 is 10.4 Å². The van der Waals surface area contributed by atoms with Crippen molar-refractivity contribution < 1.29 is 5.11 Å². The monoisotopic (exact) mass is 269 g/mol. The van der Waals surface area contributed by atoms with E-state index in [2.05, 4.69) is 52.9 Å². The smallest absolute Gasteiger partial charge is 0.0669 e. The molecule has 18 heavy (non-hydrogen) atoms. The van der Waals surface area contributed by atoms with Crippen molar-refractivity contribution in [2.24, 2.45) is 5.41 Å². The summed E-state index contributed by atoms with van der Waals surface area (Å²) in [5, 5.41) is 13.4. The van der Waals surface area contributed by atoms with Gasteiger partial charge in [-0.3, -0.25) is 0 Å². The van der Waals surface area contributed by atoms with Gasteiger partial charge in [0.2, 0.25) is 0 Å². The van der Waals surface area contributed by atoms with Crippen molar-refractivity contribution in [1.29, 1.82) is 0 Å². The van der Waals surface area contributed by atoms with Crippen molar-refractivity contribution in [3.8, 4) is 0 Å². The molecule has 0 saturated carbocycles. The van der Waals surface area contributed by atoms with E-state index in [1.54, 1.807) is 0 Å². The Hall–Kier alpha value is -0.380. The van der Waals surface area contributed by atoms with Crippen molar-refractivity contribution in [2.45, 2.75) is 60.1 Å². The predicted molar refractivity (Wildman–Crippen MR) is 80.3 cm³/mol. The summed E-state index contributed by atoms with van der Waals surface area (Å²) in [6.07, 6.45) is 0.557. The van der Waals surface area contributed by atoms with Gasteiger partial charge in [-0.2, -0.15) is 0 Å². The van der Waals surface area contributed by atoms with Crippen LogP contribution in [-0.2, 0) is 0 Å². The van der Waals surface area contributed by atoms with Gasteiger partial charge in [0.1, 0.15) is 0 Å². The SMILES string of the molecule is Cc1cc(C(C)NCC(O)CC(C)(C)C)c(C)s1. The molecular weight excluding hydrogens is 242 g/mol. The molecule has 2 nitrogen and oxygen atoms in total. The third-order valence-electron chi connectivity index (χ3n) is 3.05. The number of hydrogen-bond acceptors (Lipinski definition) is 3. The Labute approximate surface area is 115 Å². The van der Waals surface area contributed by atoms with E-state index in [1.807, 2.05) is 11.3 Å². The summed E-state index contributed by atoms with van der Waals surface area (Å²) in [6, 6.07) is 2.55. The van der Waals surface area contributed by atoms with Crippen LogP contribution < -0.4 is 5.32 Å². The lowest BCUT2D eigenvalue weighted by atomic mass is 9.89. The van der Waals surface area contributed by atoms with Crippen LogP contribution in [0.1, 0.15) is 55.5 Å². The first-order chi connectivity index (χ1) is 8.19. The van der Waals surface area contributed by atoms with Crippen molar-refractivity contribution in [3.63, 3.8) is 0 Å². The fraction of sp³-hybridized carbons (Fsp3) is 0.733. The molecule has 1 heterocycles. The van der Waals surface area contributed by atoms with Crippen LogP contribution >= 0.6 is 11.3 Å². The molecular formula is C15H27NOS. The Bertz CT molecular complexity index is 378. The van der Waals surface area contributed by atoms with Crippen LogP contribution in [0.4, 0.5) is 0 Å². The van der Waals surface area contributed by atoms with Crippen molar-refractivity contribution >= 4 is 11.3 Å². The lowest BCUT2D eigenvalue weighted by Crippen LogP contribution is -2.31. The minimum atomic E-state index is -0.271. The molecule has 0 amide bonds. The summed E-state index contributed by atoms with van der Waals surface area (Å²) < 4.78 is 0. The maximum absolute atomic E-state index is 10.00.